The highest BCUT2D eigenvalue weighted by Crippen LogP contribution is 2.39. The lowest BCUT2D eigenvalue weighted by atomic mass is 10.1. The van der Waals surface area contributed by atoms with Gasteiger partial charge >= 0.3 is 0 Å². The molecule has 196 valence electrons. The molecule has 0 spiro atoms. The number of hydrogen-bond donors (Lipinski definition) is 0. The molecule has 0 saturated heterocycles. The monoisotopic (exact) mass is 531 g/mol. The Balaban J connectivity index is 1.36. The lowest BCUT2D eigenvalue weighted by molar-refractivity contribution is 0.656. The topological polar surface area (TPSA) is 65.0 Å². The highest BCUT2D eigenvalue weighted by molar-refractivity contribution is 6.16. The number of nitrogens with zero attached hydrogens (tertiary/aromatic N) is 3. The van der Waals surface area contributed by atoms with E-state index in [0.29, 0.717) is 17.5 Å². The molecule has 8 rings (SSSR count). The maximum Gasteiger partial charge on any atom is 0.167 e. The van der Waals surface area contributed by atoms with Crippen molar-refractivity contribution in [3.8, 4) is 34.2 Å². The predicted octanol–water partition coefficient (Wildman–Crippen LogP) is 9.62. The Morgan fingerprint density at radius 1 is 0.512 bits per heavy atom. The van der Waals surface area contributed by atoms with Crippen LogP contribution in [0.15, 0.2) is 118 Å². The number of rotatable bonds is 5. The van der Waals surface area contributed by atoms with Gasteiger partial charge in [0, 0.05) is 38.7 Å². The van der Waals surface area contributed by atoms with Gasteiger partial charge in [0.05, 0.1) is 5.56 Å². The zero-order valence-electron chi connectivity index (χ0n) is 22.5. The summed E-state index contributed by atoms with van der Waals surface area (Å²) in [4.78, 5) is 14.9. The summed E-state index contributed by atoms with van der Waals surface area (Å²) >= 11 is 0. The molecule has 5 nitrogen and oxygen atoms in total. The van der Waals surface area contributed by atoms with E-state index in [4.69, 9.17) is 23.8 Å². The first kappa shape index (κ1) is 23.6. The van der Waals surface area contributed by atoms with Crippen molar-refractivity contribution in [3.05, 3.63) is 115 Å². The summed E-state index contributed by atoms with van der Waals surface area (Å²) in [5, 5.41) is 4.21. The van der Waals surface area contributed by atoms with Gasteiger partial charge in [0.1, 0.15) is 22.3 Å². The van der Waals surface area contributed by atoms with Crippen LogP contribution in [-0.4, -0.2) is 15.0 Å². The first-order chi connectivity index (χ1) is 20.2. The summed E-state index contributed by atoms with van der Waals surface area (Å²) in [7, 11) is 0. The van der Waals surface area contributed by atoms with E-state index in [1.165, 1.54) is 5.56 Å². The lowest BCUT2D eigenvalue weighted by Gasteiger charge is -2.09. The molecule has 5 heteroatoms. The van der Waals surface area contributed by atoms with Gasteiger partial charge in [-0.15, -0.1) is 0 Å². The Kier molecular flexibility index (Phi) is 5.42. The summed E-state index contributed by atoms with van der Waals surface area (Å²) in [5.74, 6) is 1.85. The average molecular weight is 532 g/mol. The summed E-state index contributed by atoms with van der Waals surface area (Å²) in [6.45, 7) is 2.19. The number of fused-ring (bicyclic) bond motifs is 6. The van der Waals surface area contributed by atoms with Gasteiger partial charge in [-0.3, -0.25) is 0 Å². The molecular formula is C36H25N3O2. The Hall–Kier alpha value is -5.29. The summed E-state index contributed by atoms with van der Waals surface area (Å²) in [6, 6.07) is 36.9. The van der Waals surface area contributed by atoms with Crippen LogP contribution in [0.1, 0.15) is 18.9 Å². The molecule has 0 bridgehead atoms. The lowest BCUT2D eigenvalue weighted by Crippen LogP contribution is -2.00. The standard InChI is InChI=1S/C36H25N3O2/c1-2-10-22-11-8-14-24(19-22)35-37-34(23-12-4-3-5-13-23)38-36(39-35)27-17-9-16-26-29-20-28-25-15-6-7-18-30(25)40-31(28)21-32(29)41-33(26)27/h3-9,11-21H,2,10H2,1H3. The third-order valence-corrected chi connectivity index (χ3v) is 7.63. The van der Waals surface area contributed by atoms with Crippen LogP contribution in [-0.2, 0) is 6.42 Å². The maximum atomic E-state index is 6.52. The van der Waals surface area contributed by atoms with Gasteiger partial charge in [0.15, 0.2) is 17.5 Å². The van der Waals surface area contributed by atoms with Crippen LogP contribution in [0.25, 0.3) is 78.0 Å². The molecule has 0 aliphatic rings. The fraction of sp³-hybridized carbons (Fsp3) is 0.0833. The van der Waals surface area contributed by atoms with Crippen LogP contribution in [0.3, 0.4) is 0 Å². The molecule has 0 saturated carbocycles. The number of benzene rings is 5. The van der Waals surface area contributed by atoms with Gasteiger partial charge in [-0.2, -0.15) is 0 Å². The van der Waals surface area contributed by atoms with Crippen LogP contribution in [0.5, 0.6) is 0 Å². The Bertz CT molecular complexity index is 2230. The van der Waals surface area contributed by atoms with Crippen LogP contribution in [0.4, 0.5) is 0 Å². The summed E-state index contributed by atoms with van der Waals surface area (Å²) in [6.07, 6.45) is 2.09. The minimum Gasteiger partial charge on any atom is -0.456 e. The molecule has 0 aliphatic carbocycles. The molecule has 8 aromatic rings. The summed E-state index contributed by atoms with van der Waals surface area (Å²) in [5.41, 5.74) is 7.19. The SMILES string of the molecule is CCCc1cccc(-c2nc(-c3ccccc3)nc(-c3cccc4c3oc3cc5oc6ccccc6c5cc34)n2)c1. The molecule has 0 atom stereocenters. The number of furan rings is 2. The zero-order valence-corrected chi connectivity index (χ0v) is 22.5. The molecule has 0 N–H and O–H groups in total. The van der Waals surface area contributed by atoms with Gasteiger partial charge in [-0.05, 0) is 36.2 Å². The van der Waals surface area contributed by atoms with Gasteiger partial charge in [0.2, 0.25) is 0 Å². The van der Waals surface area contributed by atoms with Crippen molar-refractivity contribution in [2.75, 3.05) is 0 Å². The van der Waals surface area contributed by atoms with Crippen molar-refractivity contribution < 1.29 is 8.83 Å². The van der Waals surface area contributed by atoms with Crippen molar-refractivity contribution in [2.45, 2.75) is 19.8 Å². The van der Waals surface area contributed by atoms with E-state index in [1.54, 1.807) is 0 Å². The van der Waals surface area contributed by atoms with E-state index in [-0.39, 0.29) is 0 Å². The van der Waals surface area contributed by atoms with Gasteiger partial charge in [-0.25, -0.2) is 15.0 Å². The minimum atomic E-state index is 0.577. The third-order valence-electron chi connectivity index (χ3n) is 7.63. The van der Waals surface area contributed by atoms with E-state index in [2.05, 4.69) is 49.4 Å². The second kappa shape index (κ2) is 9.42. The molecule has 3 aromatic heterocycles. The van der Waals surface area contributed by atoms with Crippen LogP contribution in [0.2, 0.25) is 0 Å². The molecule has 0 aliphatic heterocycles. The van der Waals surface area contributed by atoms with E-state index in [1.807, 2.05) is 66.7 Å². The number of para-hydroxylation sites is 2. The molecule has 0 amide bonds. The Labute approximate surface area is 236 Å². The fourth-order valence-electron chi connectivity index (χ4n) is 5.69. The molecule has 0 unspecified atom stereocenters. The molecule has 41 heavy (non-hydrogen) atoms. The normalized spacial score (nSPS) is 11.7. The molecule has 0 fully saturated rings. The Morgan fingerprint density at radius 3 is 2.07 bits per heavy atom. The number of aromatic nitrogens is 3. The van der Waals surface area contributed by atoms with Gasteiger partial charge in [0.25, 0.3) is 0 Å². The molecule has 3 heterocycles. The van der Waals surface area contributed by atoms with Gasteiger partial charge < -0.3 is 8.83 Å². The van der Waals surface area contributed by atoms with Crippen molar-refractivity contribution in [1.82, 2.24) is 15.0 Å². The molecular weight excluding hydrogens is 506 g/mol. The highest BCUT2D eigenvalue weighted by atomic mass is 16.3. The predicted molar refractivity (Wildman–Crippen MR) is 165 cm³/mol. The highest BCUT2D eigenvalue weighted by Gasteiger charge is 2.19. The van der Waals surface area contributed by atoms with Crippen LogP contribution >= 0.6 is 0 Å². The van der Waals surface area contributed by atoms with Crippen LogP contribution in [0, 0.1) is 0 Å². The van der Waals surface area contributed by atoms with Gasteiger partial charge in [-0.1, -0.05) is 92.2 Å². The molecule has 5 aromatic carbocycles. The second-order valence-corrected chi connectivity index (χ2v) is 10.3. The molecule has 0 radical (unpaired) electrons. The van der Waals surface area contributed by atoms with Crippen molar-refractivity contribution in [3.63, 3.8) is 0 Å². The van der Waals surface area contributed by atoms with E-state index in [9.17, 15) is 0 Å². The van der Waals surface area contributed by atoms with Crippen LogP contribution < -0.4 is 0 Å². The maximum absolute atomic E-state index is 6.52. The zero-order chi connectivity index (χ0) is 27.3. The minimum absolute atomic E-state index is 0.577. The number of aryl methyl sites for hydroxylation is 1. The fourth-order valence-corrected chi connectivity index (χ4v) is 5.69. The quantitative estimate of drug-likeness (QED) is 0.221. The van der Waals surface area contributed by atoms with Crippen molar-refractivity contribution in [1.29, 1.82) is 0 Å². The Morgan fingerprint density at radius 2 is 1.20 bits per heavy atom. The smallest absolute Gasteiger partial charge is 0.167 e. The van der Waals surface area contributed by atoms with Crippen molar-refractivity contribution >= 4 is 43.9 Å². The average Bonchev–Trinajstić information content (AvgIpc) is 3.57. The van der Waals surface area contributed by atoms with E-state index < -0.39 is 0 Å². The summed E-state index contributed by atoms with van der Waals surface area (Å²) < 4.78 is 12.7. The third kappa shape index (κ3) is 3.97. The van der Waals surface area contributed by atoms with Crippen molar-refractivity contribution in [2.24, 2.45) is 0 Å². The van der Waals surface area contributed by atoms with E-state index >= 15 is 0 Å². The first-order valence-electron chi connectivity index (χ1n) is 13.9. The second-order valence-electron chi connectivity index (χ2n) is 10.3. The number of hydrogen-bond acceptors (Lipinski definition) is 5. The van der Waals surface area contributed by atoms with E-state index in [0.717, 1.165) is 73.4 Å². The first-order valence-corrected chi connectivity index (χ1v) is 13.9. The largest absolute Gasteiger partial charge is 0.456 e.